The zero-order valence-corrected chi connectivity index (χ0v) is 10.8. The molecule has 2 aromatic rings. The molecule has 1 amide bonds. The van der Waals surface area contributed by atoms with Crippen molar-refractivity contribution in [2.75, 3.05) is 16.8 Å². The Morgan fingerprint density at radius 1 is 1.37 bits per heavy atom. The predicted molar refractivity (Wildman–Crippen MR) is 74.4 cm³/mol. The van der Waals surface area contributed by atoms with E-state index in [0.717, 1.165) is 5.03 Å². The van der Waals surface area contributed by atoms with E-state index in [1.54, 1.807) is 6.20 Å². The van der Waals surface area contributed by atoms with Gasteiger partial charge in [0.15, 0.2) is 0 Å². The molecule has 2 rings (SSSR count). The number of hydrogen-bond donors (Lipinski definition) is 2. The van der Waals surface area contributed by atoms with Crippen LogP contribution >= 0.6 is 11.8 Å². The standard InChI is InChI=1S/C13H12FN3OS/c14-10-5-4-9(7-11(10)15)17-12(18)8-19-13-3-1-2-6-16-13/h1-7H,8,15H2,(H,17,18). The topological polar surface area (TPSA) is 68.0 Å². The number of nitrogens with two attached hydrogens (primary N) is 1. The molecular weight excluding hydrogens is 265 g/mol. The van der Waals surface area contributed by atoms with E-state index in [1.165, 1.54) is 30.0 Å². The highest BCUT2D eigenvalue weighted by Gasteiger charge is 2.06. The molecule has 0 spiro atoms. The summed E-state index contributed by atoms with van der Waals surface area (Å²) < 4.78 is 13.0. The van der Waals surface area contributed by atoms with Gasteiger partial charge in [0.2, 0.25) is 5.91 Å². The third-order valence-electron chi connectivity index (χ3n) is 2.27. The molecule has 19 heavy (non-hydrogen) atoms. The molecule has 0 unspecified atom stereocenters. The lowest BCUT2D eigenvalue weighted by Gasteiger charge is -2.06. The molecule has 0 saturated carbocycles. The summed E-state index contributed by atoms with van der Waals surface area (Å²) in [6.45, 7) is 0. The van der Waals surface area contributed by atoms with E-state index in [2.05, 4.69) is 10.3 Å². The molecule has 4 nitrogen and oxygen atoms in total. The summed E-state index contributed by atoms with van der Waals surface area (Å²) in [4.78, 5) is 15.8. The maximum absolute atomic E-state index is 13.0. The number of hydrogen-bond acceptors (Lipinski definition) is 4. The fourth-order valence-corrected chi connectivity index (χ4v) is 2.05. The summed E-state index contributed by atoms with van der Waals surface area (Å²) >= 11 is 1.33. The van der Waals surface area contributed by atoms with E-state index in [1.807, 2.05) is 18.2 Å². The number of nitrogens with zero attached hydrogens (tertiary/aromatic N) is 1. The van der Waals surface area contributed by atoms with Gasteiger partial charge in [-0.2, -0.15) is 0 Å². The number of aromatic nitrogens is 1. The molecular formula is C13H12FN3OS. The van der Waals surface area contributed by atoms with Crippen molar-refractivity contribution in [2.24, 2.45) is 0 Å². The number of carbonyl (C=O) groups excluding carboxylic acids is 1. The molecule has 0 aliphatic heterocycles. The summed E-state index contributed by atoms with van der Waals surface area (Å²) in [6, 6.07) is 9.57. The van der Waals surface area contributed by atoms with Crippen LogP contribution in [0, 0.1) is 5.82 Å². The predicted octanol–water partition coefficient (Wildman–Crippen LogP) is 2.53. The van der Waals surface area contributed by atoms with Crippen molar-refractivity contribution in [3.8, 4) is 0 Å². The first-order chi connectivity index (χ1) is 9.15. The van der Waals surface area contributed by atoms with Crippen molar-refractivity contribution in [1.29, 1.82) is 0 Å². The quantitative estimate of drug-likeness (QED) is 0.665. The van der Waals surface area contributed by atoms with Crippen LogP contribution in [0.1, 0.15) is 0 Å². The van der Waals surface area contributed by atoms with E-state index >= 15 is 0 Å². The SMILES string of the molecule is Nc1cc(NC(=O)CSc2ccccn2)ccc1F. The molecule has 98 valence electrons. The second-order valence-corrected chi connectivity index (χ2v) is 4.74. The number of nitrogens with one attached hydrogen (secondary N) is 1. The number of pyridine rings is 1. The van der Waals surface area contributed by atoms with E-state index in [0.29, 0.717) is 5.69 Å². The van der Waals surface area contributed by atoms with Gasteiger partial charge in [0.05, 0.1) is 16.5 Å². The van der Waals surface area contributed by atoms with Crippen molar-refractivity contribution in [1.82, 2.24) is 4.98 Å². The van der Waals surface area contributed by atoms with Gasteiger partial charge in [-0.05, 0) is 30.3 Å². The lowest BCUT2D eigenvalue weighted by Crippen LogP contribution is -2.14. The first kappa shape index (κ1) is 13.4. The summed E-state index contributed by atoms with van der Waals surface area (Å²) in [5.74, 6) is -0.462. The largest absolute Gasteiger partial charge is 0.396 e. The third kappa shape index (κ3) is 3.96. The fraction of sp³-hybridized carbons (Fsp3) is 0.0769. The van der Waals surface area contributed by atoms with Crippen LogP contribution in [0.5, 0.6) is 0 Å². The zero-order valence-electron chi connectivity index (χ0n) is 9.97. The zero-order chi connectivity index (χ0) is 13.7. The van der Waals surface area contributed by atoms with Crippen LogP contribution in [0.2, 0.25) is 0 Å². The normalized spacial score (nSPS) is 10.2. The average molecular weight is 277 g/mol. The van der Waals surface area contributed by atoms with Crippen molar-refractivity contribution in [3.63, 3.8) is 0 Å². The van der Waals surface area contributed by atoms with Gasteiger partial charge in [-0.3, -0.25) is 4.79 Å². The van der Waals surface area contributed by atoms with Gasteiger partial charge >= 0.3 is 0 Å². The van der Waals surface area contributed by atoms with Crippen LogP contribution in [-0.4, -0.2) is 16.6 Å². The van der Waals surface area contributed by atoms with Crippen LogP contribution < -0.4 is 11.1 Å². The molecule has 0 bridgehead atoms. The Balaban J connectivity index is 1.89. The Morgan fingerprint density at radius 2 is 2.21 bits per heavy atom. The second kappa shape index (κ2) is 6.19. The van der Waals surface area contributed by atoms with Gasteiger partial charge in [-0.1, -0.05) is 17.8 Å². The van der Waals surface area contributed by atoms with Gasteiger partial charge < -0.3 is 11.1 Å². The fourth-order valence-electron chi connectivity index (χ4n) is 1.39. The lowest BCUT2D eigenvalue weighted by molar-refractivity contribution is -0.113. The molecule has 1 heterocycles. The Kier molecular flexibility index (Phi) is 4.35. The number of benzene rings is 1. The second-order valence-electron chi connectivity index (χ2n) is 3.74. The highest BCUT2D eigenvalue weighted by atomic mass is 32.2. The first-order valence-corrected chi connectivity index (χ1v) is 6.52. The number of thioether (sulfide) groups is 1. The lowest BCUT2D eigenvalue weighted by atomic mass is 10.2. The molecule has 1 aromatic heterocycles. The van der Waals surface area contributed by atoms with E-state index in [4.69, 9.17) is 5.73 Å². The van der Waals surface area contributed by atoms with Crippen molar-refractivity contribution < 1.29 is 9.18 Å². The monoisotopic (exact) mass is 277 g/mol. The van der Waals surface area contributed by atoms with Crippen LogP contribution in [0.25, 0.3) is 0 Å². The number of halogens is 1. The average Bonchev–Trinajstić information content (AvgIpc) is 2.42. The van der Waals surface area contributed by atoms with Gasteiger partial charge in [0.1, 0.15) is 5.82 Å². The van der Waals surface area contributed by atoms with Crippen molar-refractivity contribution in [3.05, 3.63) is 48.4 Å². The highest BCUT2D eigenvalue weighted by molar-refractivity contribution is 7.99. The summed E-state index contributed by atoms with van der Waals surface area (Å²) in [6.07, 6.45) is 1.67. The van der Waals surface area contributed by atoms with Crippen LogP contribution in [0.3, 0.4) is 0 Å². The molecule has 0 aliphatic carbocycles. The minimum atomic E-state index is -0.499. The van der Waals surface area contributed by atoms with E-state index < -0.39 is 5.82 Å². The van der Waals surface area contributed by atoms with Crippen molar-refractivity contribution >= 4 is 29.0 Å². The number of nitrogen functional groups attached to an aromatic ring is 1. The summed E-state index contributed by atoms with van der Waals surface area (Å²) in [5.41, 5.74) is 5.91. The molecule has 3 N–H and O–H groups in total. The molecule has 0 fully saturated rings. The van der Waals surface area contributed by atoms with Gasteiger partial charge in [-0.25, -0.2) is 9.37 Å². The molecule has 0 saturated heterocycles. The van der Waals surface area contributed by atoms with Gasteiger partial charge in [0.25, 0.3) is 0 Å². The van der Waals surface area contributed by atoms with Crippen LogP contribution in [0.4, 0.5) is 15.8 Å². The summed E-state index contributed by atoms with van der Waals surface area (Å²) in [5, 5.41) is 3.42. The number of rotatable bonds is 4. The Morgan fingerprint density at radius 3 is 2.89 bits per heavy atom. The number of carbonyl (C=O) groups is 1. The minimum absolute atomic E-state index is 0.00943. The molecule has 0 atom stereocenters. The Bertz CT molecular complexity index is 577. The highest BCUT2D eigenvalue weighted by Crippen LogP contribution is 2.18. The van der Waals surface area contributed by atoms with E-state index in [-0.39, 0.29) is 17.3 Å². The maximum Gasteiger partial charge on any atom is 0.234 e. The maximum atomic E-state index is 13.0. The summed E-state index contributed by atoms with van der Waals surface area (Å²) in [7, 11) is 0. The minimum Gasteiger partial charge on any atom is -0.396 e. The Labute approximate surface area is 114 Å². The molecule has 0 radical (unpaired) electrons. The van der Waals surface area contributed by atoms with Gasteiger partial charge in [-0.15, -0.1) is 0 Å². The van der Waals surface area contributed by atoms with Gasteiger partial charge in [0, 0.05) is 11.9 Å². The smallest absolute Gasteiger partial charge is 0.234 e. The van der Waals surface area contributed by atoms with Crippen LogP contribution in [-0.2, 0) is 4.79 Å². The molecule has 6 heteroatoms. The van der Waals surface area contributed by atoms with Crippen molar-refractivity contribution in [2.45, 2.75) is 5.03 Å². The third-order valence-corrected chi connectivity index (χ3v) is 3.21. The Hall–Kier alpha value is -2.08. The number of anilines is 2. The van der Waals surface area contributed by atoms with E-state index in [9.17, 15) is 9.18 Å². The number of amides is 1. The first-order valence-electron chi connectivity index (χ1n) is 5.54. The molecule has 0 aliphatic rings. The van der Waals surface area contributed by atoms with Crippen LogP contribution in [0.15, 0.2) is 47.6 Å². The molecule has 1 aromatic carbocycles.